The predicted molar refractivity (Wildman–Crippen MR) is 107 cm³/mol. The lowest BCUT2D eigenvalue weighted by atomic mass is 10.2. The Morgan fingerprint density at radius 3 is 2.77 bits per heavy atom. The number of aliphatic imine (C=N–C) groups is 1. The molecule has 132 valence electrons. The van der Waals surface area contributed by atoms with Gasteiger partial charge < -0.3 is 20.1 Å². The Morgan fingerprint density at radius 2 is 2.18 bits per heavy atom. The van der Waals surface area contributed by atoms with Crippen LogP contribution in [0.4, 0.5) is 0 Å². The SMILES string of the molecule is CCNC(=NCC(C)(C)SC)NCCOCC1CCCO1.I. The summed E-state index contributed by atoms with van der Waals surface area (Å²) in [6, 6.07) is 0. The highest BCUT2D eigenvalue weighted by Gasteiger charge is 2.16. The first kappa shape index (κ1) is 22.3. The summed E-state index contributed by atoms with van der Waals surface area (Å²) in [5, 5.41) is 6.57. The van der Waals surface area contributed by atoms with E-state index >= 15 is 0 Å². The van der Waals surface area contributed by atoms with E-state index in [1.54, 1.807) is 0 Å². The van der Waals surface area contributed by atoms with Gasteiger partial charge in [0.05, 0.1) is 25.9 Å². The molecule has 1 fully saturated rings. The molecular formula is C15H32IN3O2S. The molecular weight excluding hydrogens is 413 g/mol. The summed E-state index contributed by atoms with van der Waals surface area (Å²) in [6.07, 6.45) is 4.71. The second-order valence-electron chi connectivity index (χ2n) is 5.80. The molecule has 1 rings (SSSR count). The number of thioether (sulfide) groups is 1. The number of nitrogens with zero attached hydrogens (tertiary/aromatic N) is 1. The lowest BCUT2D eigenvalue weighted by Crippen LogP contribution is -2.40. The largest absolute Gasteiger partial charge is 0.377 e. The van der Waals surface area contributed by atoms with E-state index in [1.807, 2.05) is 11.8 Å². The Morgan fingerprint density at radius 1 is 1.41 bits per heavy atom. The molecule has 1 unspecified atom stereocenters. The molecule has 2 N–H and O–H groups in total. The average Bonchev–Trinajstić information content (AvgIpc) is 2.97. The molecule has 0 aromatic heterocycles. The molecule has 1 aliphatic heterocycles. The van der Waals surface area contributed by atoms with Crippen molar-refractivity contribution in [2.24, 2.45) is 4.99 Å². The van der Waals surface area contributed by atoms with Crippen LogP contribution in [0.3, 0.4) is 0 Å². The minimum atomic E-state index is 0. The van der Waals surface area contributed by atoms with Crippen LogP contribution in [-0.2, 0) is 9.47 Å². The summed E-state index contributed by atoms with van der Waals surface area (Å²) in [7, 11) is 0. The molecule has 0 amide bonds. The van der Waals surface area contributed by atoms with Crippen molar-refractivity contribution in [3.8, 4) is 0 Å². The molecule has 0 aromatic carbocycles. The number of halogens is 1. The highest BCUT2D eigenvalue weighted by atomic mass is 127. The number of hydrogen-bond donors (Lipinski definition) is 2. The van der Waals surface area contributed by atoms with Gasteiger partial charge in [0, 0.05) is 24.4 Å². The zero-order valence-electron chi connectivity index (χ0n) is 14.3. The third-order valence-corrected chi connectivity index (χ3v) is 4.62. The Kier molecular flexibility index (Phi) is 12.8. The zero-order chi connectivity index (χ0) is 15.6. The van der Waals surface area contributed by atoms with Crippen molar-refractivity contribution < 1.29 is 9.47 Å². The molecule has 1 atom stereocenters. The van der Waals surface area contributed by atoms with Crippen molar-refractivity contribution in [1.82, 2.24) is 10.6 Å². The van der Waals surface area contributed by atoms with Crippen LogP contribution in [0.2, 0.25) is 0 Å². The van der Waals surface area contributed by atoms with Gasteiger partial charge in [-0.2, -0.15) is 11.8 Å². The fourth-order valence-electron chi connectivity index (χ4n) is 1.91. The van der Waals surface area contributed by atoms with Gasteiger partial charge >= 0.3 is 0 Å². The summed E-state index contributed by atoms with van der Waals surface area (Å²) in [6.45, 7) is 11.2. The molecule has 22 heavy (non-hydrogen) atoms. The molecule has 0 saturated carbocycles. The minimum Gasteiger partial charge on any atom is -0.377 e. The first-order valence-corrected chi connectivity index (χ1v) is 9.06. The normalized spacial score (nSPS) is 18.9. The predicted octanol–water partition coefficient (Wildman–Crippen LogP) is 2.50. The van der Waals surface area contributed by atoms with E-state index in [1.165, 1.54) is 0 Å². The second kappa shape index (κ2) is 12.7. The smallest absolute Gasteiger partial charge is 0.191 e. The van der Waals surface area contributed by atoms with Crippen LogP contribution < -0.4 is 10.6 Å². The van der Waals surface area contributed by atoms with E-state index in [4.69, 9.17) is 9.47 Å². The topological polar surface area (TPSA) is 54.9 Å². The van der Waals surface area contributed by atoms with Crippen LogP contribution in [0.1, 0.15) is 33.6 Å². The Bertz CT molecular complexity index is 311. The fraction of sp³-hybridized carbons (Fsp3) is 0.933. The zero-order valence-corrected chi connectivity index (χ0v) is 17.5. The number of hydrogen-bond acceptors (Lipinski definition) is 4. The summed E-state index contributed by atoms with van der Waals surface area (Å²) in [5.41, 5.74) is 0. The second-order valence-corrected chi connectivity index (χ2v) is 7.31. The van der Waals surface area contributed by atoms with Crippen molar-refractivity contribution >= 4 is 41.7 Å². The van der Waals surface area contributed by atoms with Crippen LogP contribution >= 0.6 is 35.7 Å². The van der Waals surface area contributed by atoms with E-state index in [-0.39, 0.29) is 28.7 Å². The van der Waals surface area contributed by atoms with Gasteiger partial charge in [0.1, 0.15) is 0 Å². The molecule has 5 nitrogen and oxygen atoms in total. The van der Waals surface area contributed by atoms with Crippen molar-refractivity contribution in [2.75, 3.05) is 45.7 Å². The molecule has 0 bridgehead atoms. The number of nitrogens with one attached hydrogen (secondary N) is 2. The molecule has 7 heteroatoms. The third kappa shape index (κ3) is 10.1. The summed E-state index contributed by atoms with van der Waals surface area (Å²) in [5.74, 6) is 0.861. The fourth-order valence-corrected chi connectivity index (χ4v) is 2.10. The van der Waals surface area contributed by atoms with Gasteiger partial charge in [-0.1, -0.05) is 0 Å². The molecule has 0 spiro atoms. The van der Waals surface area contributed by atoms with E-state index in [0.717, 1.165) is 45.0 Å². The van der Waals surface area contributed by atoms with E-state index < -0.39 is 0 Å². The first-order valence-electron chi connectivity index (χ1n) is 7.84. The first-order chi connectivity index (χ1) is 10.1. The molecule has 0 aliphatic carbocycles. The highest BCUT2D eigenvalue weighted by Crippen LogP contribution is 2.20. The van der Waals surface area contributed by atoms with Gasteiger partial charge in [-0.25, -0.2) is 0 Å². The average molecular weight is 445 g/mol. The quantitative estimate of drug-likeness (QED) is 0.247. The molecule has 0 radical (unpaired) electrons. The van der Waals surface area contributed by atoms with Crippen molar-refractivity contribution in [3.63, 3.8) is 0 Å². The highest BCUT2D eigenvalue weighted by molar-refractivity contribution is 14.0. The summed E-state index contributed by atoms with van der Waals surface area (Å²) < 4.78 is 11.3. The van der Waals surface area contributed by atoms with E-state index in [9.17, 15) is 0 Å². The van der Waals surface area contributed by atoms with Crippen LogP contribution in [0, 0.1) is 0 Å². The van der Waals surface area contributed by atoms with Crippen LogP contribution in [0.25, 0.3) is 0 Å². The van der Waals surface area contributed by atoms with E-state index in [2.05, 4.69) is 42.7 Å². The number of ether oxygens (including phenoxy) is 2. The molecule has 1 aliphatic rings. The van der Waals surface area contributed by atoms with Crippen LogP contribution in [-0.4, -0.2) is 62.5 Å². The van der Waals surface area contributed by atoms with Gasteiger partial charge in [0.15, 0.2) is 5.96 Å². The lowest BCUT2D eigenvalue weighted by molar-refractivity contribution is 0.0191. The van der Waals surface area contributed by atoms with Crippen LogP contribution in [0.5, 0.6) is 0 Å². The summed E-state index contributed by atoms with van der Waals surface area (Å²) in [4.78, 5) is 4.62. The minimum absolute atomic E-state index is 0. The van der Waals surface area contributed by atoms with Gasteiger partial charge in [-0.15, -0.1) is 24.0 Å². The van der Waals surface area contributed by atoms with Gasteiger partial charge in [0.25, 0.3) is 0 Å². The third-order valence-electron chi connectivity index (χ3n) is 3.38. The van der Waals surface area contributed by atoms with E-state index in [0.29, 0.717) is 19.3 Å². The maximum Gasteiger partial charge on any atom is 0.191 e. The monoisotopic (exact) mass is 445 g/mol. The van der Waals surface area contributed by atoms with Gasteiger partial charge in [-0.3, -0.25) is 4.99 Å². The van der Waals surface area contributed by atoms with Gasteiger partial charge in [-0.05, 0) is 39.9 Å². The van der Waals surface area contributed by atoms with Crippen molar-refractivity contribution in [2.45, 2.75) is 44.5 Å². The maximum atomic E-state index is 5.64. The number of guanidine groups is 1. The Balaban J connectivity index is 0.00000441. The van der Waals surface area contributed by atoms with Crippen LogP contribution in [0.15, 0.2) is 4.99 Å². The summed E-state index contributed by atoms with van der Waals surface area (Å²) >= 11 is 1.83. The van der Waals surface area contributed by atoms with Crippen molar-refractivity contribution in [1.29, 1.82) is 0 Å². The number of rotatable bonds is 9. The molecule has 1 saturated heterocycles. The molecule has 0 aromatic rings. The Labute approximate surface area is 156 Å². The molecule has 1 heterocycles. The van der Waals surface area contributed by atoms with Crippen molar-refractivity contribution in [3.05, 3.63) is 0 Å². The Hall–Kier alpha value is 0.270. The van der Waals surface area contributed by atoms with Gasteiger partial charge in [0.2, 0.25) is 0 Å². The maximum absolute atomic E-state index is 5.64. The standard InChI is InChI=1S/C15H31N3O2S.HI/c1-5-16-14(18-12-15(2,3)21-4)17-8-10-19-11-13-7-6-9-20-13;/h13H,5-12H2,1-4H3,(H2,16,17,18);1H. The lowest BCUT2D eigenvalue weighted by Gasteiger charge is -2.20.